The average Bonchev–Trinajstić information content (AvgIpc) is 3.17. The van der Waals surface area contributed by atoms with Crippen molar-refractivity contribution >= 4 is 40.4 Å². The number of anilines is 1. The largest absolute Gasteiger partial charge is 0.374 e. The maximum absolute atomic E-state index is 14.0. The molecule has 5 rings (SSSR count). The molecular weight excluding hydrogens is 460 g/mol. The van der Waals surface area contributed by atoms with E-state index in [1.807, 2.05) is 42.5 Å². The lowest BCUT2D eigenvalue weighted by molar-refractivity contribution is 0.100. The minimum atomic E-state index is -0.130. The molecule has 1 heterocycles. The minimum absolute atomic E-state index is 0.0653. The zero-order chi connectivity index (χ0) is 24.1. The molecule has 2 bridgehead atoms. The fourth-order valence-electron chi connectivity index (χ4n) is 6.55. The molecule has 0 spiro atoms. The highest BCUT2D eigenvalue weighted by molar-refractivity contribution is 7.81. The third-order valence-corrected chi connectivity index (χ3v) is 9.38. The summed E-state index contributed by atoms with van der Waals surface area (Å²) in [6.45, 7) is 9.38. The standard InChI is InChI=1S/C29H33ClN2OS/c1-28(2)23-15-16-29(28,3)25(31-17-8-5-9-18-31)24(23)27(34)32(22-13-6-4-7-14-22)26(33)20-11-10-12-21(30)19-20/h4,6-7,10-14,19,23H,5,8-9,15-18H2,1-3H3. The SMILES string of the molecule is CC12CCC(C(C(=S)N(C(=O)c3cccc(Cl)c3)c3ccccc3)=C1N1CCCCC1)C2(C)C. The van der Waals surface area contributed by atoms with Crippen molar-refractivity contribution in [1.29, 1.82) is 0 Å². The van der Waals surface area contributed by atoms with E-state index in [1.165, 1.54) is 37.0 Å². The number of para-hydroxylation sites is 1. The Balaban J connectivity index is 1.65. The zero-order valence-electron chi connectivity index (χ0n) is 20.3. The third kappa shape index (κ3) is 3.61. The molecule has 3 aliphatic rings. The van der Waals surface area contributed by atoms with Crippen LogP contribution in [0.15, 0.2) is 65.9 Å². The maximum atomic E-state index is 14.0. The fraction of sp³-hybridized carbons (Fsp3) is 0.448. The van der Waals surface area contributed by atoms with Gasteiger partial charge in [-0.05, 0) is 73.8 Å². The monoisotopic (exact) mass is 492 g/mol. The molecule has 34 heavy (non-hydrogen) atoms. The number of nitrogens with zero attached hydrogens (tertiary/aromatic N) is 2. The first-order valence-corrected chi connectivity index (χ1v) is 13.2. The lowest BCUT2D eigenvalue weighted by Crippen LogP contribution is -2.42. The summed E-state index contributed by atoms with van der Waals surface area (Å²) < 4.78 is 0. The summed E-state index contributed by atoms with van der Waals surface area (Å²) in [7, 11) is 0. The van der Waals surface area contributed by atoms with Crippen LogP contribution in [0.5, 0.6) is 0 Å². The molecule has 2 unspecified atom stereocenters. The smallest absolute Gasteiger partial charge is 0.263 e. The molecule has 2 aliphatic carbocycles. The lowest BCUT2D eigenvalue weighted by Gasteiger charge is -2.43. The van der Waals surface area contributed by atoms with Crippen LogP contribution in [0, 0.1) is 16.7 Å². The predicted molar refractivity (Wildman–Crippen MR) is 144 cm³/mol. The summed E-state index contributed by atoms with van der Waals surface area (Å²) in [5.74, 6) is 0.218. The number of fused-ring (bicyclic) bond motifs is 2. The van der Waals surface area contributed by atoms with Gasteiger partial charge in [0.15, 0.2) is 0 Å². The van der Waals surface area contributed by atoms with E-state index in [2.05, 4.69) is 25.7 Å². The van der Waals surface area contributed by atoms with E-state index in [9.17, 15) is 4.79 Å². The van der Waals surface area contributed by atoms with Crippen LogP contribution < -0.4 is 4.90 Å². The Bertz CT molecular complexity index is 1150. The molecule has 1 aliphatic heterocycles. The highest BCUT2D eigenvalue weighted by atomic mass is 35.5. The molecule has 1 saturated carbocycles. The second kappa shape index (κ2) is 8.80. The molecule has 0 radical (unpaired) electrons. The second-order valence-electron chi connectivity index (χ2n) is 10.7. The van der Waals surface area contributed by atoms with Crippen molar-refractivity contribution in [3.63, 3.8) is 0 Å². The Morgan fingerprint density at radius 2 is 1.74 bits per heavy atom. The van der Waals surface area contributed by atoms with Gasteiger partial charge < -0.3 is 4.90 Å². The number of allylic oxidation sites excluding steroid dienone is 1. The van der Waals surface area contributed by atoms with Gasteiger partial charge in [-0.2, -0.15) is 0 Å². The topological polar surface area (TPSA) is 23.6 Å². The van der Waals surface area contributed by atoms with Crippen LogP contribution in [0.1, 0.15) is 63.2 Å². The number of piperidine rings is 1. The van der Waals surface area contributed by atoms with Crippen molar-refractivity contribution in [3.8, 4) is 0 Å². The summed E-state index contributed by atoms with van der Waals surface area (Å²) >= 11 is 12.5. The maximum Gasteiger partial charge on any atom is 0.263 e. The van der Waals surface area contributed by atoms with Crippen molar-refractivity contribution in [3.05, 3.63) is 76.5 Å². The number of halogens is 1. The number of carbonyl (C=O) groups is 1. The molecule has 3 nitrogen and oxygen atoms in total. The van der Waals surface area contributed by atoms with E-state index < -0.39 is 0 Å². The van der Waals surface area contributed by atoms with E-state index in [0.717, 1.165) is 25.2 Å². The van der Waals surface area contributed by atoms with Crippen LogP contribution in [-0.4, -0.2) is 28.9 Å². The number of likely N-dealkylation sites (tertiary alicyclic amines) is 1. The van der Waals surface area contributed by atoms with Gasteiger partial charge in [-0.25, -0.2) is 0 Å². The van der Waals surface area contributed by atoms with Crippen molar-refractivity contribution in [2.75, 3.05) is 18.0 Å². The fourth-order valence-corrected chi connectivity index (χ4v) is 7.17. The van der Waals surface area contributed by atoms with Gasteiger partial charge in [0.2, 0.25) is 0 Å². The summed E-state index contributed by atoms with van der Waals surface area (Å²) in [6.07, 6.45) is 6.01. The number of amides is 1. The molecule has 2 atom stereocenters. The van der Waals surface area contributed by atoms with Gasteiger partial charge in [-0.15, -0.1) is 0 Å². The van der Waals surface area contributed by atoms with Crippen molar-refractivity contribution in [2.45, 2.75) is 52.9 Å². The normalized spacial score (nSPS) is 25.5. The number of carbonyl (C=O) groups excluding carboxylic acids is 1. The van der Waals surface area contributed by atoms with Crippen LogP contribution in [0.3, 0.4) is 0 Å². The second-order valence-corrected chi connectivity index (χ2v) is 11.6. The van der Waals surface area contributed by atoms with Crippen molar-refractivity contribution in [1.82, 2.24) is 4.90 Å². The van der Waals surface area contributed by atoms with Crippen LogP contribution >= 0.6 is 23.8 Å². The molecule has 0 aromatic heterocycles. The summed E-state index contributed by atoms with van der Waals surface area (Å²) in [6, 6.07) is 17.0. The Hall–Kier alpha value is -2.17. The molecule has 2 fully saturated rings. The van der Waals surface area contributed by atoms with Gasteiger partial charge in [-0.1, -0.05) is 68.9 Å². The number of benzene rings is 2. The van der Waals surface area contributed by atoms with Crippen molar-refractivity contribution in [2.24, 2.45) is 16.7 Å². The highest BCUT2D eigenvalue weighted by Crippen LogP contribution is 2.68. The first kappa shape index (κ1) is 23.6. The Labute approximate surface area is 213 Å². The highest BCUT2D eigenvalue weighted by Gasteiger charge is 2.63. The van der Waals surface area contributed by atoms with Gasteiger partial charge in [0.1, 0.15) is 4.99 Å². The predicted octanol–water partition coefficient (Wildman–Crippen LogP) is 7.51. The van der Waals surface area contributed by atoms with Gasteiger partial charge in [0.05, 0.1) is 5.69 Å². The lowest BCUT2D eigenvalue weighted by atomic mass is 9.69. The molecule has 1 saturated heterocycles. The van der Waals surface area contributed by atoms with E-state index in [4.69, 9.17) is 23.8 Å². The summed E-state index contributed by atoms with van der Waals surface area (Å²) in [5.41, 5.74) is 4.13. The molecule has 1 amide bonds. The van der Waals surface area contributed by atoms with E-state index >= 15 is 0 Å². The zero-order valence-corrected chi connectivity index (χ0v) is 21.9. The molecule has 5 heteroatoms. The minimum Gasteiger partial charge on any atom is -0.374 e. The van der Waals surface area contributed by atoms with Crippen LogP contribution in [0.25, 0.3) is 0 Å². The number of hydrogen-bond acceptors (Lipinski definition) is 3. The molecule has 2 aromatic carbocycles. The first-order chi connectivity index (χ1) is 16.3. The van der Waals surface area contributed by atoms with Crippen LogP contribution in [-0.2, 0) is 0 Å². The first-order valence-electron chi connectivity index (χ1n) is 12.4. The number of rotatable bonds is 4. The Morgan fingerprint density at radius 1 is 1.03 bits per heavy atom. The van der Waals surface area contributed by atoms with Gasteiger partial charge in [0.25, 0.3) is 5.91 Å². The Kier molecular flexibility index (Phi) is 6.10. The van der Waals surface area contributed by atoms with E-state index in [0.29, 0.717) is 21.5 Å². The van der Waals surface area contributed by atoms with Gasteiger partial charge in [0, 0.05) is 40.4 Å². The van der Waals surface area contributed by atoms with Crippen LogP contribution in [0.4, 0.5) is 5.69 Å². The third-order valence-electron chi connectivity index (χ3n) is 8.75. The summed E-state index contributed by atoms with van der Waals surface area (Å²) in [5, 5.41) is 0.548. The van der Waals surface area contributed by atoms with Crippen molar-refractivity contribution < 1.29 is 4.79 Å². The average molecular weight is 493 g/mol. The molecule has 0 N–H and O–H groups in total. The number of hydrogen-bond donors (Lipinski definition) is 0. The molecule has 2 aromatic rings. The summed E-state index contributed by atoms with van der Waals surface area (Å²) in [4.78, 5) is 19.0. The number of thiocarbonyl (C=S) groups is 1. The quantitative estimate of drug-likeness (QED) is 0.412. The van der Waals surface area contributed by atoms with E-state index in [1.54, 1.807) is 17.0 Å². The van der Waals surface area contributed by atoms with Crippen LogP contribution in [0.2, 0.25) is 5.02 Å². The van der Waals surface area contributed by atoms with Gasteiger partial charge >= 0.3 is 0 Å². The molecule has 178 valence electrons. The molecular formula is C29H33ClN2OS. The van der Waals surface area contributed by atoms with Gasteiger partial charge in [-0.3, -0.25) is 9.69 Å². The van der Waals surface area contributed by atoms with E-state index in [-0.39, 0.29) is 16.7 Å². The Morgan fingerprint density at radius 3 is 2.41 bits per heavy atom.